The van der Waals surface area contributed by atoms with Crippen LogP contribution in [0, 0.1) is 29.6 Å². The molecule has 0 aliphatic heterocycles. The fourth-order valence-corrected chi connectivity index (χ4v) is 2.40. The van der Waals surface area contributed by atoms with Gasteiger partial charge in [0.05, 0.1) is 0 Å². The highest BCUT2D eigenvalue weighted by molar-refractivity contribution is 5.65. The summed E-state index contributed by atoms with van der Waals surface area (Å²) in [5.74, 6) is 8.20. The minimum atomic E-state index is -0.223. The van der Waals surface area contributed by atoms with Crippen molar-refractivity contribution >= 4 is 5.97 Å². The summed E-state index contributed by atoms with van der Waals surface area (Å²) in [6.07, 6.45) is 7.81. The topological polar surface area (TPSA) is 26.3 Å². The molecule has 1 fully saturated rings. The van der Waals surface area contributed by atoms with Gasteiger partial charge in [0.2, 0.25) is 0 Å². The number of rotatable bonds is 2. The predicted octanol–water partition coefficient (Wildman–Crippen LogP) is 2.16. The first-order valence-corrected chi connectivity index (χ1v) is 5.56. The van der Waals surface area contributed by atoms with Crippen molar-refractivity contribution in [1.29, 1.82) is 0 Å². The van der Waals surface area contributed by atoms with Crippen molar-refractivity contribution in [3.8, 4) is 11.8 Å². The molecule has 0 aromatic heterocycles. The molecule has 15 heavy (non-hydrogen) atoms. The summed E-state index contributed by atoms with van der Waals surface area (Å²) in [5, 5.41) is 0. The molecule has 2 heteroatoms. The molecule has 2 rings (SSSR count). The number of hydrogen-bond acceptors (Lipinski definition) is 2. The molecule has 2 aliphatic rings. The molecule has 0 saturated heterocycles. The molecular weight excluding hydrogens is 188 g/mol. The van der Waals surface area contributed by atoms with Gasteiger partial charge in [0.15, 0.2) is 0 Å². The molecule has 0 radical (unpaired) electrons. The molecule has 0 aromatic rings. The quantitative estimate of drug-likeness (QED) is 0.298. The average Bonchev–Trinajstić information content (AvgIpc) is 2.78. The van der Waals surface area contributed by atoms with Crippen molar-refractivity contribution in [3.05, 3.63) is 12.2 Å². The largest absolute Gasteiger partial charge is 0.465 e. The molecule has 2 aliphatic carbocycles. The van der Waals surface area contributed by atoms with Crippen molar-refractivity contribution in [3.63, 3.8) is 0 Å². The van der Waals surface area contributed by atoms with E-state index >= 15 is 0 Å². The van der Waals surface area contributed by atoms with Crippen molar-refractivity contribution in [2.45, 2.75) is 26.2 Å². The van der Waals surface area contributed by atoms with Gasteiger partial charge >= 0.3 is 5.97 Å². The molecule has 0 N–H and O–H groups in total. The smallest absolute Gasteiger partial charge is 0.302 e. The molecule has 0 heterocycles. The lowest BCUT2D eigenvalue weighted by Gasteiger charge is -2.10. The Hall–Kier alpha value is -1.23. The van der Waals surface area contributed by atoms with E-state index in [2.05, 4.69) is 24.0 Å². The van der Waals surface area contributed by atoms with E-state index in [1.165, 1.54) is 19.8 Å². The summed E-state index contributed by atoms with van der Waals surface area (Å²) < 4.78 is 4.81. The van der Waals surface area contributed by atoms with Gasteiger partial charge in [0.25, 0.3) is 0 Å². The fraction of sp³-hybridized carbons (Fsp3) is 0.615. The lowest BCUT2D eigenvalue weighted by molar-refractivity contribution is -0.140. The van der Waals surface area contributed by atoms with Crippen LogP contribution in [0.5, 0.6) is 0 Å². The fourth-order valence-electron chi connectivity index (χ4n) is 2.40. The number of allylic oxidation sites excluding steroid dienone is 2. The van der Waals surface area contributed by atoms with E-state index in [-0.39, 0.29) is 5.97 Å². The number of hydrogen-bond donors (Lipinski definition) is 0. The molecule has 0 aromatic carbocycles. The summed E-state index contributed by atoms with van der Waals surface area (Å²) in [5.41, 5.74) is 0. The van der Waals surface area contributed by atoms with Crippen LogP contribution in [0.15, 0.2) is 12.2 Å². The Morgan fingerprint density at radius 1 is 1.47 bits per heavy atom. The molecule has 1 saturated carbocycles. The normalized spacial score (nSPS) is 31.1. The Morgan fingerprint density at radius 3 is 2.93 bits per heavy atom. The number of fused-ring (bicyclic) bond motifs is 2. The first-order valence-electron chi connectivity index (χ1n) is 5.56. The van der Waals surface area contributed by atoms with Gasteiger partial charge in [-0.2, -0.15) is 0 Å². The van der Waals surface area contributed by atoms with Gasteiger partial charge in [-0.05, 0) is 24.7 Å². The van der Waals surface area contributed by atoms with Crippen LogP contribution in [0.2, 0.25) is 0 Å². The van der Waals surface area contributed by atoms with E-state index in [0.717, 1.165) is 5.92 Å². The van der Waals surface area contributed by atoms with Crippen LogP contribution < -0.4 is 0 Å². The van der Waals surface area contributed by atoms with Crippen molar-refractivity contribution in [2.24, 2.45) is 17.8 Å². The number of esters is 1. The lowest BCUT2D eigenvalue weighted by atomic mass is 9.94. The molecule has 80 valence electrons. The third-order valence-electron chi connectivity index (χ3n) is 3.10. The highest BCUT2D eigenvalue weighted by Crippen LogP contribution is 2.42. The van der Waals surface area contributed by atoms with Gasteiger partial charge in [-0.1, -0.05) is 24.0 Å². The highest BCUT2D eigenvalue weighted by Gasteiger charge is 2.34. The Kier molecular flexibility index (Phi) is 3.11. The van der Waals surface area contributed by atoms with Gasteiger partial charge in [-0.15, -0.1) is 0 Å². The van der Waals surface area contributed by atoms with Crippen molar-refractivity contribution < 1.29 is 9.53 Å². The molecule has 0 amide bonds. The monoisotopic (exact) mass is 204 g/mol. The van der Waals surface area contributed by atoms with Crippen molar-refractivity contribution in [2.75, 3.05) is 6.61 Å². The first kappa shape index (κ1) is 10.3. The Balaban J connectivity index is 1.71. The Morgan fingerprint density at radius 2 is 2.33 bits per heavy atom. The van der Waals surface area contributed by atoms with E-state index in [1.54, 1.807) is 0 Å². The van der Waals surface area contributed by atoms with Crippen LogP contribution in [0.3, 0.4) is 0 Å². The summed E-state index contributed by atoms with van der Waals surface area (Å²) in [6.45, 7) is 1.85. The summed E-state index contributed by atoms with van der Waals surface area (Å²) in [4.78, 5) is 10.5. The maximum Gasteiger partial charge on any atom is 0.302 e. The van der Waals surface area contributed by atoms with Gasteiger partial charge in [-0.25, -0.2) is 0 Å². The standard InChI is InChI=1S/C13H16O2/c1-10(14)15-7-3-2-4-12-8-11-5-6-13(12)9-11/h5-6,11-13H,3,7-9H2,1H3/t11-,12-,13-/m0/s1. The summed E-state index contributed by atoms with van der Waals surface area (Å²) in [6, 6.07) is 0. The second-order valence-electron chi connectivity index (χ2n) is 4.30. The van der Waals surface area contributed by atoms with E-state index in [0.29, 0.717) is 24.9 Å². The maximum absolute atomic E-state index is 10.5. The zero-order valence-electron chi connectivity index (χ0n) is 9.03. The maximum atomic E-state index is 10.5. The van der Waals surface area contributed by atoms with E-state index in [4.69, 9.17) is 4.74 Å². The van der Waals surface area contributed by atoms with Crippen molar-refractivity contribution in [1.82, 2.24) is 0 Å². The van der Waals surface area contributed by atoms with Crippen LogP contribution in [0.1, 0.15) is 26.2 Å². The minimum Gasteiger partial charge on any atom is -0.465 e. The predicted molar refractivity (Wildman–Crippen MR) is 57.9 cm³/mol. The molecule has 2 nitrogen and oxygen atoms in total. The molecular formula is C13H16O2. The third-order valence-corrected chi connectivity index (χ3v) is 3.10. The molecule has 2 bridgehead atoms. The van der Waals surface area contributed by atoms with Crippen LogP contribution in [-0.4, -0.2) is 12.6 Å². The van der Waals surface area contributed by atoms with Gasteiger partial charge in [0, 0.05) is 19.3 Å². The van der Waals surface area contributed by atoms with Gasteiger partial charge in [0.1, 0.15) is 6.61 Å². The Bertz CT molecular complexity index is 332. The number of carbonyl (C=O) groups excluding carboxylic acids is 1. The molecule has 0 spiro atoms. The van der Waals surface area contributed by atoms with E-state index < -0.39 is 0 Å². The first-order chi connectivity index (χ1) is 7.25. The number of ether oxygens (including phenoxy) is 1. The number of carbonyl (C=O) groups is 1. The molecule has 3 atom stereocenters. The third kappa shape index (κ3) is 2.62. The summed E-state index contributed by atoms with van der Waals surface area (Å²) >= 11 is 0. The van der Waals surface area contributed by atoms with Gasteiger partial charge < -0.3 is 4.74 Å². The SMILES string of the molecule is CC(=O)OCCC#C[C@H]1C[C@@H]2C=C[C@H]1C2. The zero-order valence-corrected chi connectivity index (χ0v) is 9.03. The second-order valence-corrected chi connectivity index (χ2v) is 4.30. The van der Waals surface area contributed by atoms with Crippen LogP contribution >= 0.6 is 0 Å². The van der Waals surface area contributed by atoms with Crippen LogP contribution in [-0.2, 0) is 9.53 Å². The molecule has 0 unspecified atom stereocenters. The second kappa shape index (κ2) is 4.53. The lowest BCUT2D eigenvalue weighted by Crippen LogP contribution is -2.04. The highest BCUT2D eigenvalue weighted by atomic mass is 16.5. The van der Waals surface area contributed by atoms with E-state index in [9.17, 15) is 4.79 Å². The van der Waals surface area contributed by atoms with E-state index in [1.807, 2.05) is 0 Å². The van der Waals surface area contributed by atoms with Crippen LogP contribution in [0.25, 0.3) is 0 Å². The summed E-state index contributed by atoms with van der Waals surface area (Å²) in [7, 11) is 0. The minimum absolute atomic E-state index is 0.223. The Labute approximate surface area is 90.7 Å². The van der Waals surface area contributed by atoms with Crippen LogP contribution in [0.4, 0.5) is 0 Å². The van der Waals surface area contributed by atoms with Gasteiger partial charge in [-0.3, -0.25) is 4.79 Å². The average molecular weight is 204 g/mol. The zero-order chi connectivity index (χ0) is 10.7.